The Balaban J connectivity index is 1.80. The lowest BCUT2D eigenvalue weighted by atomic mass is 10.2. The van der Waals surface area contributed by atoms with Crippen molar-refractivity contribution in [1.29, 1.82) is 0 Å². The number of nitrogens with one attached hydrogen (secondary N) is 1. The Morgan fingerprint density at radius 3 is 2.74 bits per heavy atom. The summed E-state index contributed by atoms with van der Waals surface area (Å²) in [6, 6.07) is 16.0. The van der Waals surface area contributed by atoms with Crippen molar-refractivity contribution in [3.8, 4) is 5.75 Å². The standard InChI is InChI=1S/C20H15Cl2N3O2/c1-27-14-5-2-4-13(11-14)25-19(18-15(20(25)26)6-3-9-23-18)24-17-8-7-12(21)10-16(17)22/h2-11,19,24H,1H3. The monoisotopic (exact) mass is 399 g/mol. The van der Waals surface area contributed by atoms with Crippen LogP contribution in [0.25, 0.3) is 0 Å². The number of hydrogen-bond acceptors (Lipinski definition) is 4. The molecule has 0 spiro atoms. The summed E-state index contributed by atoms with van der Waals surface area (Å²) >= 11 is 12.3. The molecule has 0 saturated heterocycles. The minimum absolute atomic E-state index is 0.145. The molecule has 2 heterocycles. The van der Waals surface area contributed by atoms with E-state index < -0.39 is 6.17 Å². The van der Waals surface area contributed by atoms with Crippen LogP contribution in [0, 0.1) is 0 Å². The van der Waals surface area contributed by atoms with E-state index >= 15 is 0 Å². The average Bonchev–Trinajstić information content (AvgIpc) is 2.96. The van der Waals surface area contributed by atoms with Gasteiger partial charge in [0, 0.05) is 17.3 Å². The number of aromatic nitrogens is 1. The third-order valence-corrected chi connectivity index (χ3v) is 4.91. The minimum atomic E-state index is -0.514. The number of amides is 1. The second-order valence-electron chi connectivity index (χ2n) is 5.98. The maximum Gasteiger partial charge on any atom is 0.262 e. The molecule has 4 rings (SSSR count). The van der Waals surface area contributed by atoms with Crippen LogP contribution >= 0.6 is 23.2 Å². The number of fused-ring (bicyclic) bond motifs is 1. The van der Waals surface area contributed by atoms with Crippen LogP contribution in [-0.2, 0) is 0 Å². The first-order valence-electron chi connectivity index (χ1n) is 8.22. The SMILES string of the molecule is COc1cccc(N2C(=O)c3cccnc3C2Nc2ccc(Cl)cc2Cl)c1. The van der Waals surface area contributed by atoms with Gasteiger partial charge in [-0.2, -0.15) is 0 Å². The smallest absolute Gasteiger partial charge is 0.262 e. The molecule has 0 fully saturated rings. The predicted octanol–water partition coefficient (Wildman–Crippen LogP) is 5.17. The minimum Gasteiger partial charge on any atom is -0.497 e. The van der Waals surface area contributed by atoms with E-state index in [0.717, 1.165) is 0 Å². The van der Waals surface area contributed by atoms with Gasteiger partial charge in [0.25, 0.3) is 5.91 Å². The lowest BCUT2D eigenvalue weighted by Crippen LogP contribution is -2.32. The van der Waals surface area contributed by atoms with Gasteiger partial charge >= 0.3 is 0 Å². The van der Waals surface area contributed by atoms with Crippen LogP contribution in [0.15, 0.2) is 60.8 Å². The van der Waals surface area contributed by atoms with Gasteiger partial charge in [-0.05, 0) is 42.5 Å². The maximum atomic E-state index is 13.1. The number of carbonyl (C=O) groups excluding carboxylic acids is 1. The highest BCUT2D eigenvalue weighted by Gasteiger charge is 2.39. The van der Waals surface area contributed by atoms with Crippen molar-refractivity contribution in [3.05, 3.63) is 82.1 Å². The number of carbonyl (C=O) groups is 1. The fourth-order valence-corrected chi connectivity index (χ4v) is 3.56. The largest absolute Gasteiger partial charge is 0.497 e. The van der Waals surface area contributed by atoms with E-state index in [1.807, 2.05) is 24.3 Å². The van der Waals surface area contributed by atoms with E-state index in [0.29, 0.717) is 38.4 Å². The van der Waals surface area contributed by atoms with Crippen molar-refractivity contribution >= 4 is 40.5 Å². The quantitative estimate of drug-likeness (QED) is 0.657. The van der Waals surface area contributed by atoms with Crippen molar-refractivity contribution in [1.82, 2.24) is 4.98 Å². The summed E-state index contributed by atoms with van der Waals surface area (Å²) in [6.07, 6.45) is 1.15. The van der Waals surface area contributed by atoms with Crippen molar-refractivity contribution in [2.45, 2.75) is 6.17 Å². The summed E-state index contributed by atoms with van der Waals surface area (Å²) in [5.41, 5.74) is 2.53. The molecule has 1 aromatic heterocycles. The molecule has 27 heavy (non-hydrogen) atoms. The van der Waals surface area contributed by atoms with Crippen LogP contribution in [0.1, 0.15) is 22.2 Å². The summed E-state index contributed by atoms with van der Waals surface area (Å²) in [5, 5.41) is 4.32. The molecule has 1 aliphatic heterocycles. The number of pyridine rings is 1. The molecule has 2 aromatic carbocycles. The number of ether oxygens (including phenoxy) is 1. The summed E-state index contributed by atoms with van der Waals surface area (Å²) in [6.45, 7) is 0. The molecule has 5 nitrogen and oxygen atoms in total. The molecule has 1 aliphatic rings. The average molecular weight is 400 g/mol. The van der Waals surface area contributed by atoms with E-state index in [1.54, 1.807) is 48.5 Å². The lowest BCUT2D eigenvalue weighted by Gasteiger charge is -2.27. The number of nitrogens with zero attached hydrogens (tertiary/aromatic N) is 2. The second kappa shape index (κ2) is 7.10. The molecule has 0 aliphatic carbocycles. The summed E-state index contributed by atoms with van der Waals surface area (Å²) in [4.78, 5) is 19.2. The zero-order valence-corrected chi connectivity index (χ0v) is 15.8. The molecule has 0 saturated carbocycles. The summed E-state index contributed by atoms with van der Waals surface area (Å²) < 4.78 is 5.30. The van der Waals surface area contributed by atoms with Crippen molar-refractivity contribution < 1.29 is 9.53 Å². The Morgan fingerprint density at radius 1 is 1.11 bits per heavy atom. The highest BCUT2D eigenvalue weighted by atomic mass is 35.5. The fraction of sp³-hybridized carbons (Fsp3) is 0.100. The molecule has 3 aromatic rings. The van der Waals surface area contributed by atoms with Crippen molar-refractivity contribution in [3.63, 3.8) is 0 Å². The zero-order chi connectivity index (χ0) is 19.0. The zero-order valence-electron chi connectivity index (χ0n) is 14.3. The van der Waals surface area contributed by atoms with Crippen LogP contribution < -0.4 is 15.0 Å². The van der Waals surface area contributed by atoms with E-state index in [1.165, 1.54) is 0 Å². The highest BCUT2D eigenvalue weighted by molar-refractivity contribution is 6.36. The van der Waals surface area contributed by atoms with Crippen LogP contribution in [0.2, 0.25) is 10.0 Å². The molecule has 1 unspecified atom stereocenters. The summed E-state index contributed by atoms with van der Waals surface area (Å²) in [5.74, 6) is 0.515. The topological polar surface area (TPSA) is 54.5 Å². The second-order valence-corrected chi connectivity index (χ2v) is 6.83. The third kappa shape index (κ3) is 3.20. The van der Waals surface area contributed by atoms with Crippen LogP contribution in [-0.4, -0.2) is 18.0 Å². The van der Waals surface area contributed by atoms with Gasteiger partial charge in [0.1, 0.15) is 5.75 Å². The van der Waals surface area contributed by atoms with Crippen LogP contribution in [0.5, 0.6) is 5.75 Å². The Kier molecular flexibility index (Phi) is 4.64. The molecule has 136 valence electrons. The van der Waals surface area contributed by atoms with Gasteiger partial charge in [0.2, 0.25) is 0 Å². The van der Waals surface area contributed by atoms with Crippen molar-refractivity contribution in [2.75, 3.05) is 17.3 Å². The van der Waals surface area contributed by atoms with E-state index in [9.17, 15) is 4.79 Å². The van der Waals surface area contributed by atoms with Gasteiger partial charge in [0.05, 0.1) is 34.8 Å². The molecule has 0 bridgehead atoms. The number of benzene rings is 2. The number of rotatable bonds is 4. The molecule has 7 heteroatoms. The van der Waals surface area contributed by atoms with Gasteiger partial charge in [0.15, 0.2) is 6.17 Å². The normalized spacial score (nSPS) is 15.6. The molecular weight excluding hydrogens is 385 g/mol. The summed E-state index contributed by atoms with van der Waals surface area (Å²) in [7, 11) is 1.59. The molecular formula is C20H15Cl2N3O2. The van der Waals surface area contributed by atoms with E-state index in [-0.39, 0.29) is 5.91 Å². The first-order valence-corrected chi connectivity index (χ1v) is 8.98. The van der Waals surface area contributed by atoms with Gasteiger partial charge in [-0.1, -0.05) is 29.3 Å². The predicted molar refractivity (Wildman–Crippen MR) is 107 cm³/mol. The lowest BCUT2D eigenvalue weighted by molar-refractivity contribution is 0.0993. The number of hydrogen-bond donors (Lipinski definition) is 1. The molecule has 1 atom stereocenters. The Labute approximate surface area is 166 Å². The number of anilines is 2. The number of methoxy groups -OCH3 is 1. The molecule has 0 radical (unpaired) electrons. The third-order valence-electron chi connectivity index (χ3n) is 4.36. The number of halogens is 2. The maximum absolute atomic E-state index is 13.1. The van der Waals surface area contributed by atoms with Gasteiger partial charge in [-0.3, -0.25) is 14.7 Å². The first kappa shape index (κ1) is 17.6. The highest BCUT2D eigenvalue weighted by Crippen LogP contribution is 2.39. The Hall–Kier alpha value is -2.76. The van der Waals surface area contributed by atoms with Crippen LogP contribution in [0.3, 0.4) is 0 Å². The van der Waals surface area contributed by atoms with Gasteiger partial charge < -0.3 is 10.1 Å². The van der Waals surface area contributed by atoms with Gasteiger partial charge in [-0.25, -0.2) is 0 Å². The van der Waals surface area contributed by atoms with Crippen LogP contribution in [0.4, 0.5) is 11.4 Å². The first-order chi connectivity index (χ1) is 13.1. The van der Waals surface area contributed by atoms with Gasteiger partial charge in [-0.15, -0.1) is 0 Å². The molecule has 1 amide bonds. The molecule has 1 N–H and O–H groups in total. The Bertz CT molecular complexity index is 1030. The Morgan fingerprint density at radius 2 is 1.96 bits per heavy atom. The van der Waals surface area contributed by atoms with Crippen molar-refractivity contribution in [2.24, 2.45) is 0 Å². The van der Waals surface area contributed by atoms with E-state index in [4.69, 9.17) is 27.9 Å². The van der Waals surface area contributed by atoms with E-state index in [2.05, 4.69) is 10.3 Å². The fourth-order valence-electron chi connectivity index (χ4n) is 3.10.